The molecular weight excluding hydrogens is 314 g/mol. The van der Waals surface area contributed by atoms with Gasteiger partial charge in [0.1, 0.15) is 12.4 Å². The van der Waals surface area contributed by atoms with E-state index in [9.17, 15) is 5.11 Å². The molecule has 0 bridgehead atoms. The third-order valence-corrected chi connectivity index (χ3v) is 4.67. The summed E-state index contributed by atoms with van der Waals surface area (Å²) in [5.41, 5.74) is 3.90. The van der Waals surface area contributed by atoms with Crippen LogP contribution in [0.4, 0.5) is 0 Å². The van der Waals surface area contributed by atoms with Crippen molar-refractivity contribution < 1.29 is 14.3 Å². The Balaban J connectivity index is 1.90. The lowest BCUT2D eigenvalue weighted by Gasteiger charge is -2.31. The van der Waals surface area contributed by atoms with Crippen LogP contribution in [0.15, 0.2) is 41.0 Å². The molecule has 1 heterocycles. The maximum Gasteiger partial charge on any atom is 0.129 e. The molecule has 0 aliphatic heterocycles. The minimum absolute atomic E-state index is 0.306. The van der Waals surface area contributed by atoms with Crippen molar-refractivity contribution in [2.45, 2.75) is 59.4 Å². The van der Waals surface area contributed by atoms with Gasteiger partial charge in [-0.2, -0.15) is 0 Å². The van der Waals surface area contributed by atoms with Gasteiger partial charge in [0.05, 0.1) is 19.0 Å². The molecule has 0 spiro atoms. The highest BCUT2D eigenvalue weighted by atomic mass is 16.5. The van der Waals surface area contributed by atoms with E-state index in [4.69, 9.17) is 9.15 Å². The Labute approximate surface area is 151 Å². The summed E-state index contributed by atoms with van der Waals surface area (Å²) in [6.07, 6.45) is 2.16. The highest BCUT2D eigenvalue weighted by Crippen LogP contribution is 2.16. The number of nitrogens with zero attached hydrogens (tertiary/aromatic N) is 1. The molecule has 1 N–H and O–H groups in total. The smallest absolute Gasteiger partial charge is 0.129 e. The number of aliphatic hydroxyl groups is 1. The van der Waals surface area contributed by atoms with E-state index in [2.05, 4.69) is 50.8 Å². The molecule has 25 heavy (non-hydrogen) atoms. The lowest BCUT2D eigenvalue weighted by Crippen LogP contribution is -2.40. The van der Waals surface area contributed by atoms with Crippen LogP contribution < -0.4 is 0 Å². The SMILES string of the molecule is CC[C@@H](C)N(Cc1ccc(C)cc1C)C[C@@H](O)COCc1ccco1. The van der Waals surface area contributed by atoms with Crippen molar-refractivity contribution in [2.75, 3.05) is 13.2 Å². The van der Waals surface area contributed by atoms with Crippen molar-refractivity contribution in [3.63, 3.8) is 0 Å². The zero-order valence-corrected chi connectivity index (χ0v) is 15.9. The Bertz CT molecular complexity index is 624. The van der Waals surface area contributed by atoms with Gasteiger partial charge in [-0.1, -0.05) is 30.7 Å². The minimum Gasteiger partial charge on any atom is -0.467 e. The first-order valence-corrected chi connectivity index (χ1v) is 9.08. The van der Waals surface area contributed by atoms with E-state index in [1.54, 1.807) is 6.26 Å². The van der Waals surface area contributed by atoms with Crippen LogP contribution in [0.5, 0.6) is 0 Å². The third-order valence-electron chi connectivity index (χ3n) is 4.67. The predicted molar refractivity (Wildman–Crippen MR) is 100 cm³/mol. The number of aliphatic hydroxyl groups excluding tert-OH is 1. The van der Waals surface area contributed by atoms with Crippen molar-refractivity contribution in [3.8, 4) is 0 Å². The maximum absolute atomic E-state index is 10.4. The van der Waals surface area contributed by atoms with Crippen LogP contribution in [0.1, 0.15) is 42.7 Å². The van der Waals surface area contributed by atoms with Gasteiger partial charge < -0.3 is 14.3 Å². The van der Waals surface area contributed by atoms with E-state index >= 15 is 0 Å². The molecule has 2 rings (SSSR count). The Morgan fingerprint density at radius 1 is 1.24 bits per heavy atom. The molecule has 0 aliphatic carbocycles. The number of hydrogen-bond donors (Lipinski definition) is 1. The Hall–Kier alpha value is -1.62. The molecule has 4 nitrogen and oxygen atoms in total. The lowest BCUT2D eigenvalue weighted by atomic mass is 10.0. The van der Waals surface area contributed by atoms with Gasteiger partial charge in [0.2, 0.25) is 0 Å². The lowest BCUT2D eigenvalue weighted by molar-refractivity contribution is -0.00275. The molecular formula is C21H31NO3. The summed E-state index contributed by atoms with van der Waals surface area (Å²) in [6.45, 7) is 10.8. The highest BCUT2D eigenvalue weighted by Gasteiger charge is 2.18. The van der Waals surface area contributed by atoms with Crippen LogP contribution in [-0.2, 0) is 17.9 Å². The molecule has 0 fully saturated rings. The second-order valence-electron chi connectivity index (χ2n) is 6.86. The van der Waals surface area contributed by atoms with Crippen molar-refractivity contribution in [1.29, 1.82) is 0 Å². The van der Waals surface area contributed by atoms with E-state index in [0.717, 1.165) is 18.7 Å². The number of rotatable bonds is 10. The summed E-state index contributed by atoms with van der Waals surface area (Å²) in [4.78, 5) is 2.33. The second-order valence-corrected chi connectivity index (χ2v) is 6.86. The van der Waals surface area contributed by atoms with Gasteiger partial charge in [-0.25, -0.2) is 0 Å². The molecule has 4 heteroatoms. The first kappa shape index (κ1) is 19.7. The fourth-order valence-corrected chi connectivity index (χ4v) is 2.91. The van der Waals surface area contributed by atoms with E-state index in [-0.39, 0.29) is 0 Å². The van der Waals surface area contributed by atoms with E-state index in [1.165, 1.54) is 16.7 Å². The number of furan rings is 1. The van der Waals surface area contributed by atoms with Crippen LogP contribution in [0.25, 0.3) is 0 Å². The van der Waals surface area contributed by atoms with Gasteiger partial charge in [0.25, 0.3) is 0 Å². The molecule has 0 amide bonds. The molecule has 0 saturated heterocycles. The maximum atomic E-state index is 10.4. The van der Waals surface area contributed by atoms with Gasteiger partial charge >= 0.3 is 0 Å². The van der Waals surface area contributed by atoms with Gasteiger partial charge in [0.15, 0.2) is 0 Å². The number of ether oxygens (including phenoxy) is 1. The zero-order valence-electron chi connectivity index (χ0n) is 15.9. The molecule has 138 valence electrons. The summed E-state index contributed by atoms with van der Waals surface area (Å²) in [7, 11) is 0. The number of aryl methyl sites for hydroxylation is 2. The highest BCUT2D eigenvalue weighted by molar-refractivity contribution is 5.30. The quantitative estimate of drug-likeness (QED) is 0.705. The first-order chi connectivity index (χ1) is 12.0. The molecule has 0 unspecified atom stereocenters. The molecule has 1 aromatic heterocycles. The fraction of sp³-hybridized carbons (Fsp3) is 0.524. The van der Waals surface area contributed by atoms with Gasteiger partial charge in [-0.15, -0.1) is 0 Å². The van der Waals surface area contributed by atoms with Crippen molar-refractivity contribution in [1.82, 2.24) is 4.90 Å². The van der Waals surface area contributed by atoms with Crippen LogP contribution in [0.2, 0.25) is 0 Å². The topological polar surface area (TPSA) is 45.8 Å². The molecule has 2 atom stereocenters. The van der Waals surface area contributed by atoms with Crippen LogP contribution in [0, 0.1) is 13.8 Å². The molecule has 0 radical (unpaired) electrons. The summed E-state index contributed by atoms with van der Waals surface area (Å²) < 4.78 is 10.8. The normalized spacial score (nSPS) is 14.0. The van der Waals surface area contributed by atoms with Crippen LogP contribution in [0.3, 0.4) is 0 Å². The molecule has 0 aliphatic rings. The number of benzene rings is 1. The average molecular weight is 345 g/mol. The molecule has 0 saturated carbocycles. The van der Waals surface area contributed by atoms with Gasteiger partial charge in [0, 0.05) is 19.1 Å². The van der Waals surface area contributed by atoms with Crippen molar-refractivity contribution >= 4 is 0 Å². The first-order valence-electron chi connectivity index (χ1n) is 9.08. The van der Waals surface area contributed by atoms with Crippen molar-refractivity contribution in [3.05, 3.63) is 59.0 Å². The van der Waals surface area contributed by atoms with Crippen LogP contribution >= 0.6 is 0 Å². The fourth-order valence-electron chi connectivity index (χ4n) is 2.91. The summed E-state index contributed by atoms with van der Waals surface area (Å²) in [5, 5.41) is 10.4. The Morgan fingerprint density at radius 2 is 2.04 bits per heavy atom. The van der Waals surface area contributed by atoms with Gasteiger partial charge in [-0.05, 0) is 50.5 Å². The van der Waals surface area contributed by atoms with Crippen molar-refractivity contribution in [2.24, 2.45) is 0 Å². The number of hydrogen-bond acceptors (Lipinski definition) is 4. The zero-order chi connectivity index (χ0) is 18.2. The van der Waals surface area contributed by atoms with Gasteiger partial charge in [-0.3, -0.25) is 4.90 Å². The second kappa shape index (κ2) is 9.76. The Morgan fingerprint density at radius 3 is 2.68 bits per heavy atom. The minimum atomic E-state index is -0.519. The monoisotopic (exact) mass is 345 g/mol. The predicted octanol–water partition coefficient (Wildman–Crippen LogP) is 4.07. The van der Waals surface area contributed by atoms with E-state index < -0.39 is 6.10 Å². The molecule has 1 aromatic carbocycles. The van der Waals surface area contributed by atoms with Crippen LogP contribution in [-0.4, -0.2) is 35.3 Å². The van der Waals surface area contributed by atoms with E-state index in [1.807, 2.05) is 12.1 Å². The largest absolute Gasteiger partial charge is 0.467 e. The van der Waals surface area contributed by atoms with E-state index in [0.29, 0.717) is 25.8 Å². The molecule has 2 aromatic rings. The standard InChI is InChI=1S/C21H31NO3/c1-5-18(4)22(12-19-9-8-16(2)11-17(19)3)13-20(23)14-24-15-21-7-6-10-25-21/h6-11,18,20,23H,5,12-15H2,1-4H3/t18-,20-/m1/s1. The summed E-state index contributed by atoms with van der Waals surface area (Å²) in [6, 6.07) is 10.7. The summed E-state index contributed by atoms with van der Waals surface area (Å²) in [5.74, 6) is 0.779. The Kier molecular flexibility index (Phi) is 7.69. The summed E-state index contributed by atoms with van der Waals surface area (Å²) >= 11 is 0. The third kappa shape index (κ3) is 6.31. The average Bonchev–Trinajstić information content (AvgIpc) is 3.09.